The number of anilines is 1. The van der Waals surface area contributed by atoms with Gasteiger partial charge < -0.3 is 15.8 Å². The summed E-state index contributed by atoms with van der Waals surface area (Å²) in [5.74, 6) is 0.758. The number of carbonyl (C=O) groups is 1. The van der Waals surface area contributed by atoms with Gasteiger partial charge >= 0.3 is 0 Å². The monoisotopic (exact) mass is 290 g/mol. The molecule has 4 heteroatoms. The second-order valence-corrected chi connectivity index (χ2v) is 6.92. The van der Waals surface area contributed by atoms with Crippen LogP contribution in [0.5, 0.6) is 5.75 Å². The average Bonchev–Trinajstić information content (AvgIpc) is 2.84. The molecule has 0 heterocycles. The number of nitrogens with one attached hydrogen (secondary N) is 1. The first-order chi connectivity index (χ1) is 9.81. The Kier molecular flexibility index (Phi) is 4.57. The van der Waals surface area contributed by atoms with E-state index in [-0.39, 0.29) is 23.3 Å². The molecule has 1 saturated carbocycles. The Labute approximate surface area is 127 Å². The lowest BCUT2D eigenvalue weighted by molar-refractivity contribution is -0.119. The van der Waals surface area contributed by atoms with E-state index in [1.165, 1.54) is 5.56 Å². The van der Waals surface area contributed by atoms with Gasteiger partial charge in [-0.15, -0.1) is 0 Å². The molecule has 2 rings (SSSR count). The van der Waals surface area contributed by atoms with Gasteiger partial charge in [0.05, 0.1) is 12.8 Å². The number of benzene rings is 1. The Bertz CT molecular complexity index is 520. The number of ether oxygens (including phenoxy) is 1. The van der Waals surface area contributed by atoms with Gasteiger partial charge in [-0.25, -0.2) is 0 Å². The molecule has 0 saturated heterocycles. The zero-order valence-electron chi connectivity index (χ0n) is 13.4. The predicted octanol–water partition coefficient (Wildman–Crippen LogP) is 3.06. The molecule has 3 N–H and O–H groups in total. The van der Waals surface area contributed by atoms with Gasteiger partial charge in [0, 0.05) is 12.0 Å². The quantitative estimate of drug-likeness (QED) is 0.899. The molecule has 0 spiro atoms. The van der Waals surface area contributed by atoms with Crippen molar-refractivity contribution in [1.82, 2.24) is 0 Å². The van der Waals surface area contributed by atoms with Crippen LogP contribution in [0.15, 0.2) is 18.2 Å². The molecule has 2 unspecified atom stereocenters. The summed E-state index contributed by atoms with van der Waals surface area (Å²) in [5.41, 5.74) is 7.83. The van der Waals surface area contributed by atoms with Gasteiger partial charge in [-0.05, 0) is 42.4 Å². The summed E-state index contributed by atoms with van der Waals surface area (Å²) in [5, 5.41) is 3.02. The van der Waals surface area contributed by atoms with Crippen LogP contribution in [0.25, 0.3) is 0 Å². The second-order valence-electron chi connectivity index (χ2n) is 6.92. The summed E-state index contributed by atoms with van der Waals surface area (Å²) in [4.78, 5) is 12.4. The van der Waals surface area contributed by atoms with Crippen molar-refractivity contribution in [3.05, 3.63) is 23.8 Å². The van der Waals surface area contributed by atoms with Gasteiger partial charge in [-0.2, -0.15) is 0 Å². The summed E-state index contributed by atoms with van der Waals surface area (Å²) < 4.78 is 5.36. The lowest BCUT2D eigenvalue weighted by Crippen LogP contribution is -2.23. The zero-order chi connectivity index (χ0) is 15.6. The minimum absolute atomic E-state index is 0.0167. The Morgan fingerprint density at radius 1 is 1.33 bits per heavy atom. The van der Waals surface area contributed by atoms with Crippen molar-refractivity contribution in [2.24, 2.45) is 11.7 Å². The van der Waals surface area contributed by atoms with Crippen LogP contribution in [0.2, 0.25) is 0 Å². The highest BCUT2D eigenvalue weighted by Gasteiger charge is 2.28. The molecule has 2 atom stereocenters. The van der Waals surface area contributed by atoms with E-state index < -0.39 is 0 Å². The molecule has 1 fully saturated rings. The Morgan fingerprint density at radius 3 is 2.57 bits per heavy atom. The largest absolute Gasteiger partial charge is 0.495 e. The predicted molar refractivity (Wildman–Crippen MR) is 85.6 cm³/mol. The van der Waals surface area contributed by atoms with Crippen LogP contribution < -0.4 is 15.8 Å². The fourth-order valence-corrected chi connectivity index (χ4v) is 2.76. The van der Waals surface area contributed by atoms with E-state index in [4.69, 9.17) is 10.5 Å². The van der Waals surface area contributed by atoms with Crippen LogP contribution in [-0.4, -0.2) is 19.1 Å². The van der Waals surface area contributed by atoms with Crippen molar-refractivity contribution in [1.29, 1.82) is 0 Å². The van der Waals surface area contributed by atoms with Crippen molar-refractivity contribution in [3.8, 4) is 5.75 Å². The third-order valence-corrected chi connectivity index (χ3v) is 4.17. The van der Waals surface area contributed by atoms with Crippen LogP contribution in [0.4, 0.5) is 5.69 Å². The van der Waals surface area contributed by atoms with E-state index in [2.05, 4.69) is 26.1 Å². The number of amides is 1. The summed E-state index contributed by atoms with van der Waals surface area (Å²) >= 11 is 0. The molecular weight excluding hydrogens is 264 g/mol. The number of methoxy groups -OCH3 is 1. The first kappa shape index (κ1) is 15.8. The molecule has 0 aromatic heterocycles. The Morgan fingerprint density at radius 2 is 2.05 bits per heavy atom. The molecule has 4 nitrogen and oxygen atoms in total. The van der Waals surface area contributed by atoms with Gasteiger partial charge in [-0.1, -0.05) is 26.8 Å². The maximum atomic E-state index is 12.4. The van der Waals surface area contributed by atoms with Crippen molar-refractivity contribution in [2.75, 3.05) is 12.4 Å². The summed E-state index contributed by atoms with van der Waals surface area (Å²) in [6, 6.07) is 6.12. The standard InChI is InChI=1S/C17H26N2O2/c1-17(2,3)12-6-8-15(21-4)14(10-12)19-16(20)11-5-7-13(18)9-11/h6,8,10-11,13H,5,7,9,18H2,1-4H3,(H,19,20). The molecule has 1 aliphatic rings. The Hall–Kier alpha value is -1.55. The third-order valence-electron chi connectivity index (χ3n) is 4.17. The second kappa shape index (κ2) is 6.06. The molecule has 21 heavy (non-hydrogen) atoms. The van der Waals surface area contributed by atoms with Crippen molar-refractivity contribution < 1.29 is 9.53 Å². The number of hydrogen-bond donors (Lipinski definition) is 2. The Balaban J connectivity index is 2.19. The summed E-state index contributed by atoms with van der Waals surface area (Å²) in [6.45, 7) is 6.45. The van der Waals surface area contributed by atoms with E-state index in [1.54, 1.807) is 7.11 Å². The van der Waals surface area contributed by atoms with Crippen molar-refractivity contribution >= 4 is 11.6 Å². The van der Waals surface area contributed by atoms with Crippen molar-refractivity contribution in [2.45, 2.75) is 51.5 Å². The van der Waals surface area contributed by atoms with E-state index in [9.17, 15) is 4.79 Å². The van der Waals surface area contributed by atoms with E-state index >= 15 is 0 Å². The fraction of sp³-hybridized carbons (Fsp3) is 0.588. The van der Waals surface area contributed by atoms with Crippen molar-refractivity contribution in [3.63, 3.8) is 0 Å². The smallest absolute Gasteiger partial charge is 0.227 e. The maximum Gasteiger partial charge on any atom is 0.227 e. The molecule has 0 radical (unpaired) electrons. The highest BCUT2D eigenvalue weighted by Crippen LogP contribution is 2.33. The lowest BCUT2D eigenvalue weighted by Gasteiger charge is -2.21. The number of nitrogens with two attached hydrogens (primary N) is 1. The molecule has 1 amide bonds. The van der Waals surface area contributed by atoms with Crippen LogP contribution >= 0.6 is 0 Å². The summed E-state index contributed by atoms with van der Waals surface area (Å²) in [7, 11) is 1.62. The number of hydrogen-bond acceptors (Lipinski definition) is 3. The molecule has 1 aliphatic carbocycles. The number of rotatable bonds is 3. The lowest BCUT2D eigenvalue weighted by atomic mass is 9.86. The molecule has 116 valence electrons. The van der Waals surface area contributed by atoms with Gasteiger partial charge in [0.2, 0.25) is 5.91 Å². The van der Waals surface area contributed by atoms with Gasteiger partial charge in [0.1, 0.15) is 5.75 Å². The maximum absolute atomic E-state index is 12.4. The first-order valence-corrected chi connectivity index (χ1v) is 7.56. The fourth-order valence-electron chi connectivity index (χ4n) is 2.76. The molecule has 1 aromatic carbocycles. The minimum Gasteiger partial charge on any atom is -0.495 e. The van der Waals surface area contributed by atoms with Gasteiger partial charge in [0.15, 0.2) is 0 Å². The van der Waals surface area contributed by atoms with Gasteiger partial charge in [-0.3, -0.25) is 4.79 Å². The van der Waals surface area contributed by atoms with Crippen LogP contribution in [0.3, 0.4) is 0 Å². The number of carbonyl (C=O) groups excluding carboxylic acids is 1. The highest BCUT2D eigenvalue weighted by molar-refractivity contribution is 5.94. The van der Waals surface area contributed by atoms with E-state index in [0.29, 0.717) is 5.75 Å². The molecule has 0 bridgehead atoms. The minimum atomic E-state index is 0.0167. The molecule has 0 aliphatic heterocycles. The first-order valence-electron chi connectivity index (χ1n) is 7.56. The third kappa shape index (κ3) is 3.76. The average molecular weight is 290 g/mol. The molecule has 1 aromatic rings. The van der Waals surface area contributed by atoms with Gasteiger partial charge in [0.25, 0.3) is 0 Å². The normalized spacial score (nSPS) is 22.1. The van der Waals surface area contributed by atoms with Crippen LogP contribution in [0.1, 0.15) is 45.6 Å². The SMILES string of the molecule is COc1ccc(C(C)(C)C)cc1NC(=O)C1CCC(N)C1. The topological polar surface area (TPSA) is 64.3 Å². The van der Waals surface area contributed by atoms with Crippen LogP contribution in [0, 0.1) is 5.92 Å². The zero-order valence-corrected chi connectivity index (χ0v) is 13.4. The van der Waals surface area contributed by atoms with E-state index in [1.807, 2.05) is 18.2 Å². The van der Waals surface area contributed by atoms with E-state index in [0.717, 1.165) is 24.9 Å². The molecular formula is C17H26N2O2. The summed E-state index contributed by atoms with van der Waals surface area (Å²) in [6.07, 6.45) is 2.57. The highest BCUT2D eigenvalue weighted by atomic mass is 16.5. The van der Waals surface area contributed by atoms with Crippen LogP contribution in [-0.2, 0) is 10.2 Å².